The van der Waals surface area contributed by atoms with Crippen molar-refractivity contribution in [3.05, 3.63) is 59.2 Å². The standard InChI is InChI=1S/C21H22F3N3O/c1-27-11-10-20(13-27)9-8-14-12-17(6-7-18(14)20)26-19(28)25-16-4-2-15(3-5-16)21(22,23)24/h2-7,12H,8-11,13H2,1H3,(H2,25,26,28). The van der Waals surface area contributed by atoms with Crippen LogP contribution in [0.5, 0.6) is 0 Å². The second-order valence-electron chi connectivity index (χ2n) is 7.79. The zero-order valence-electron chi connectivity index (χ0n) is 15.6. The fourth-order valence-electron chi connectivity index (χ4n) is 4.44. The zero-order valence-corrected chi connectivity index (χ0v) is 15.6. The summed E-state index contributed by atoms with van der Waals surface area (Å²) in [5, 5.41) is 5.34. The van der Waals surface area contributed by atoms with Crippen molar-refractivity contribution in [2.24, 2.45) is 0 Å². The molecule has 1 fully saturated rings. The topological polar surface area (TPSA) is 44.4 Å². The molecule has 1 aliphatic heterocycles. The number of carbonyl (C=O) groups is 1. The number of anilines is 2. The summed E-state index contributed by atoms with van der Waals surface area (Å²) in [4.78, 5) is 14.6. The third-order valence-electron chi connectivity index (χ3n) is 5.82. The normalized spacial score (nSPS) is 21.7. The second-order valence-corrected chi connectivity index (χ2v) is 7.79. The number of fused-ring (bicyclic) bond motifs is 2. The minimum absolute atomic E-state index is 0.241. The number of amides is 2. The largest absolute Gasteiger partial charge is 0.416 e. The fourth-order valence-corrected chi connectivity index (χ4v) is 4.44. The van der Waals surface area contributed by atoms with E-state index < -0.39 is 17.8 Å². The van der Waals surface area contributed by atoms with Gasteiger partial charge in [0, 0.05) is 23.3 Å². The molecular formula is C21H22F3N3O. The molecule has 0 radical (unpaired) electrons. The summed E-state index contributed by atoms with van der Waals surface area (Å²) in [7, 11) is 2.15. The molecule has 1 atom stereocenters. The third-order valence-corrected chi connectivity index (χ3v) is 5.82. The summed E-state index contributed by atoms with van der Waals surface area (Å²) in [5.74, 6) is 0. The van der Waals surface area contributed by atoms with E-state index in [0.29, 0.717) is 11.4 Å². The number of hydrogen-bond donors (Lipinski definition) is 2. The summed E-state index contributed by atoms with van der Waals surface area (Å²) >= 11 is 0. The van der Waals surface area contributed by atoms with Gasteiger partial charge in [-0.1, -0.05) is 6.07 Å². The van der Waals surface area contributed by atoms with E-state index in [9.17, 15) is 18.0 Å². The number of hydrogen-bond acceptors (Lipinski definition) is 2. The Kier molecular flexibility index (Phi) is 4.57. The highest BCUT2D eigenvalue weighted by Crippen LogP contribution is 2.45. The summed E-state index contributed by atoms with van der Waals surface area (Å²) in [6.45, 7) is 2.18. The number of aryl methyl sites for hydroxylation is 1. The Bertz CT molecular complexity index is 895. The maximum Gasteiger partial charge on any atom is 0.416 e. The van der Waals surface area contributed by atoms with E-state index in [1.807, 2.05) is 12.1 Å². The lowest BCUT2D eigenvalue weighted by atomic mass is 9.81. The average molecular weight is 389 g/mol. The van der Waals surface area contributed by atoms with Crippen molar-refractivity contribution in [2.75, 3.05) is 30.8 Å². The maximum absolute atomic E-state index is 12.6. The molecule has 2 N–H and O–H groups in total. The Morgan fingerprint density at radius 1 is 1.04 bits per heavy atom. The smallest absolute Gasteiger partial charge is 0.308 e. The summed E-state index contributed by atoms with van der Waals surface area (Å²) in [5.41, 5.74) is 3.13. The van der Waals surface area contributed by atoms with E-state index in [2.05, 4.69) is 28.6 Å². The molecule has 2 aromatic carbocycles. The highest BCUT2D eigenvalue weighted by Gasteiger charge is 2.42. The van der Waals surface area contributed by atoms with E-state index in [1.54, 1.807) is 0 Å². The van der Waals surface area contributed by atoms with E-state index in [1.165, 1.54) is 23.3 Å². The second kappa shape index (κ2) is 6.81. The van der Waals surface area contributed by atoms with Gasteiger partial charge in [0.1, 0.15) is 0 Å². The Morgan fingerprint density at radius 3 is 2.36 bits per heavy atom. The Morgan fingerprint density at radius 2 is 1.71 bits per heavy atom. The number of likely N-dealkylation sites (N-methyl/N-ethyl adjacent to an activating group) is 1. The molecule has 4 nitrogen and oxygen atoms in total. The van der Waals surface area contributed by atoms with Crippen LogP contribution in [-0.4, -0.2) is 31.1 Å². The van der Waals surface area contributed by atoms with Crippen molar-refractivity contribution in [1.29, 1.82) is 0 Å². The summed E-state index contributed by atoms with van der Waals surface area (Å²) in [6.07, 6.45) is -1.10. The van der Waals surface area contributed by atoms with Crippen molar-refractivity contribution < 1.29 is 18.0 Å². The van der Waals surface area contributed by atoms with Crippen molar-refractivity contribution in [1.82, 2.24) is 4.90 Å². The van der Waals surface area contributed by atoms with Crippen LogP contribution >= 0.6 is 0 Å². The monoisotopic (exact) mass is 389 g/mol. The highest BCUT2D eigenvalue weighted by atomic mass is 19.4. The first kappa shape index (κ1) is 18.8. The minimum Gasteiger partial charge on any atom is -0.308 e. The first-order valence-corrected chi connectivity index (χ1v) is 9.32. The van der Waals surface area contributed by atoms with Gasteiger partial charge in [-0.2, -0.15) is 13.2 Å². The van der Waals surface area contributed by atoms with Crippen LogP contribution in [0.4, 0.5) is 29.3 Å². The van der Waals surface area contributed by atoms with Crippen molar-refractivity contribution in [2.45, 2.75) is 30.9 Å². The number of nitrogens with zero attached hydrogens (tertiary/aromatic N) is 1. The van der Waals surface area contributed by atoms with E-state index in [4.69, 9.17) is 0 Å². The van der Waals surface area contributed by atoms with Crippen molar-refractivity contribution >= 4 is 17.4 Å². The Labute approximate surface area is 161 Å². The lowest BCUT2D eigenvalue weighted by Crippen LogP contribution is -2.27. The van der Waals surface area contributed by atoms with Gasteiger partial charge in [-0.25, -0.2) is 4.79 Å². The lowest BCUT2D eigenvalue weighted by Gasteiger charge is -2.24. The van der Waals surface area contributed by atoms with Crippen LogP contribution in [0.15, 0.2) is 42.5 Å². The number of urea groups is 1. The molecule has 1 aliphatic carbocycles. The van der Waals surface area contributed by atoms with Gasteiger partial charge in [0.25, 0.3) is 0 Å². The van der Waals surface area contributed by atoms with E-state index in [0.717, 1.165) is 44.5 Å². The van der Waals surface area contributed by atoms with Gasteiger partial charge >= 0.3 is 12.2 Å². The number of likely N-dealkylation sites (tertiary alicyclic amines) is 1. The van der Waals surface area contributed by atoms with Crippen LogP contribution in [-0.2, 0) is 18.0 Å². The number of carbonyl (C=O) groups excluding carboxylic acids is 1. The predicted octanol–water partition coefficient (Wildman–Crippen LogP) is 4.87. The Hall–Kier alpha value is -2.54. The fraction of sp³-hybridized carbons (Fsp3) is 0.381. The maximum atomic E-state index is 12.6. The number of halogens is 3. The van der Waals surface area contributed by atoms with Gasteiger partial charge in [0.05, 0.1) is 5.56 Å². The summed E-state index contributed by atoms with van der Waals surface area (Å²) in [6, 6.07) is 9.91. The number of rotatable bonds is 2. The minimum atomic E-state index is -4.39. The van der Waals surface area contributed by atoms with Crippen LogP contribution in [0, 0.1) is 0 Å². The SMILES string of the molecule is CN1CCC2(CCc3cc(NC(=O)Nc4ccc(C(F)(F)F)cc4)ccc32)C1. The molecule has 7 heteroatoms. The molecule has 1 spiro atoms. The molecule has 1 heterocycles. The number of benzene rings is 2. The molecule has 2 aliphatic rings. The van der Waals surface area contributed by atoms with Crippen LogP contribution < -0.4 is 10.6 Å². The quantitative estimate of drug-likeness (QED) is 0.770. The van der Waals surface area contributed by atoms with Crippen molar-refractivity contribution in [3.8, 4) is 0 Å². The van der Waals surface area contributed by atoms with Gasteiger partial charge in [0.2, 0.25) is 0 Å². The van der Waals surface area contributed by atoms with Gasteiger partial charge < -0.3 is 15.5 Å². The van der Waals surface area contributed by atoms with Crippen LogP contribution in [0.3, 0.4) is 0 Å². The Balaban J connectivity index is 1.42. The number of nitrogens with one attached hydrogen (secondary N) is 2. The van der Waals surface area contributed by atoms with Crippen LogP contribution in [0.25, 0.3) is 0 Å². The molecular weight excluding hydrogens is 367 g/mol. The zero-order chi connectivity index (χ0) is 19.9. The first-order valence-electron chi connectivity index (χ1n) is 9.32. The molecule has 148 valence electrons. The number of alkyl halides is 3. The average Bonchev–Trinajstić information content (AvgIpc) is 3.18. The molecule has 28 heavy (non-hydrogen) atoms. The van der Waals surface area contributed by atoms with Crippen LogP contribution in [0.2, 0.25) is 0 Å². The lowest BCUT2D eigenvalue weighted by molar-refractivity contribution is -0.137. The molecule has 4 rings (SSSR count). The van der Waals surface area contributed by atoms with E-state index >= 15 is 0 Å². The van der Waals surface area contributed by atoms with E-state index in [-0.39, 0.29) is 5.41 Å². The molecule has 2 amide bonds. The first-order chi connectivity index (χ1) is 13.2. The molecule has 1 saturated heterocycles. The van der Waals surface area contributed by atoms with Gasteiger partial charge in [-0.3, -0.25) is 0 Å². The molecule has 0 saturated carbocycles. The molecule has 2 aromatic rings. The summed E-state index contributed by atoms with van der Waals surface area (Å²) < 4.78 is 37.8. The molecule has 0 bridgehead atoms. The van der Waals surface area contributed by atoms with Crippen LogP contribution in [0.1, 0.15) is 29.5 Å². The molecule has 1 unspecified atom stereocenters. The van der Waals surface area contributed by atoms with Gasteiger partial charge in [-0.15, -0.1) is 0 Å². The van der Waals surface area contributed by atoms with Gasteiger partial charge in [0.15, 0.2) is 0 Å². The van der Waals surface area contributed by atoms with Crippen molar-refractivity contribution in [3.63, 3.8) is 0 Å². The predicted molar refractivity (Wildman–Crippen MR) is 103 cm³/mol. The molecule has 0 aromatic heterocycles. The van der Waals surface area contributed by atoms with Gasteiger partial charge in [-0.05, 0) is 80.4 Å². The third kappa shape index (κ3) is 3.58. The highest BCUT2D eigenvalue weighted by molar-refractivity contribution is 5.99.